The van der Waals surface area contributed by atoms with Crippen LogP contribution in [-0.4, -0.2) is 5.97 Å². The van der Waals surface area contributed by atoms with Gasteiger partial charge in [0, 0.05) is 0 Å². The van der Waals surface area contributed by atoms with Crippen LogP contribution in [0.4, 0.5) is 0 Å². The van der Waals surface area contributed by atoms with Gasteiger partial charge >= 0.3 is 5.97 Å². The van der Waals surface area contributed by atoms with Crippen LogP contribution in [0, 0.1) is 11.3 Å². The summed E-state index contributed by atoms with van der Waals surface area (Å²) in [4.78, 5) is 13.5. The fraction of sp³-hybridized carbons (Fsp3) is 0.481. The Bertz CT molecular complexity index is 886. The quantitative estimate of drug-likeness (QED) is 0.281. The molecule has 158 valence electrons. The van der Waals surface area contributed by atoms with E-state index in [-0.39, 0.29) is 5.97 Å². The number of aryl methyl sites for hydroxylation is 2. The van der Waals surface area contributed by atoms with Crippen molar-refractivity contribution < 1.29 is 9.53 Å². The predicted molar refractivity (Wildman–Crippen MR) is 121 cm³/mol. The van der Waals surface area contributed by atoms with Crippen LogP contribution in [0.1, 0.15) is 87.5 Å². The summed E-state index contributed by atoms with van der Waals surface area (Å²) in [5, 5.41) is 9.64. The fourth-order valence-corrected chi connectivity index (χ4v) is 4.51. The first-order valence-corrected chi connectivity index (χ1v) is 11.5. The van der Waals surface area contributed by atoms with E-state index in [4.69, 9.17) is 4.74 Å². The Hall–Kier alpha value is -2.60. The maximum Gasteiger partial charge on any atom is 0.321 e. The molecule has 0 atom stereocenters. The lowest BCUT2D eigenvalue weighted by molar-refractivity contribution is -0.142. The first-order chi connectivity index (χ1) is 14.6. The molecule has 0 aliphatic heterocycles. The highest BCUT2D eigenvalue weighted by molar-refractivity contribution is 5.85. The molecule has 0 saturated heterocycles. The highest BCUT2D eigenvalue weighted by Crippen LogP contribution is 2.41. The third-order valence-corrected chi connectivity index (χ3v) is 6.45. The van der Waals surface area contributed by atoms with Crippen molar-refractivity contribution in [2.75, 3.05) is 0 Å². The van der Waals surface area contributed by atoms with E-state index in [1.807, 2.05) is 12.1 Å². The molecule has 2 aromatic rings. The lowest BCUT2D eigenvalue weighted by atomic mass is 9.69. The molecule has 1 saturated carbocycles. The number of benzene rings is 2. The van der Waals surface area contributed by atoms with Gasteiger partial charge in [0.25, 0.3) is 0 Å². The maximum absolute atomic E-state index is 13.5. The molecule has 0 aromatic heterocycles. The SMILES string of the molecule is CCCCCc1ccc(OC(=O)C2(c3ccc(CC)cc3)CCCCC2)c(C#N)c1. The van der Waals surface area contributed by atoms with Gasteiger partial charge in [-0.05, 0) is 60.9 Å². The van der Waals surface area contributed by atoms with Crippen LogP contribution < -0.4 is 4.74 Å². The molecule has 0 spiro atoms. The van der Waals surface area contributed by atoms with Crippen molar-refractivity contribution >= 4 is 5.97 Å². The van der Waals surface area contributed by atoms with Crippen LogP contribution in [-0.2, 0) is 23.1 Å². The van der Waals surface area contributed by atoms with Crippen molar-refractivity contribution in [3.05, 3.63) is 64.7 Å². The van der Waals surface area contributed by atoms with Crippen molar-refractivity contribution in [2.24, 2.45) is 0 Å². The summed E-state index contributed by atoms with van der Waals surface area (Å²) < 4.78 is 5.91. The molecule has 0 N–H and O–H groups in total. The third kappa shape index (κ3) is 4.93. The molecular formula is C27H33NO2. The molecule has 3 rings (SSSR count). The Kier molecular flexibility index (Phi) is 7.69. The van der Waals surface area contributed by atoms with Gasteiger partial charge in [-0.15, -0.1) is 0 Å². The number of ether oxygens (including phenoxy) is 1. The lowest BCUT2D eigenvalue weighted by Crippen LogP contribution is -2.41. The zero-order valence-electron chi connectivity index (χ0n) is 18.4. The maximum atomic E-state index is 13.5. The minimum Gasteiger partial charge on any atom is -0.424 e. The number of carbonyl (C=O) groups excluding carboxylic acids is 1. The smallest absolute Gasteiger partial charge is 0.321 e. The second kappa shape index (κ2) is 10.4. The summed E-state index contributed by atoms with van der Waals surface area (Å²) >= 11 is 0. The number of nitriles is 1. The summed E-state index contributed by atoms with van der Waals surface area (Å²) in [6, 6.07) is 16.3. The standard InChI is InChI=1S/C27H33NO2/c1-3-5-7-10-22-13-16-25(23(19-22)20-28)30-26(29)27(17-8-6-9-18-27)24-14-11-21(4-2)12-15-24/h11-16,19H,3-10,17-18H2,1-2H3. The molecule has 0 bridgehead atoms. The second-order valence-corrected chi connectivity index (χ2v) is 8.48. The van der Waals surface area contributed by atoms with Gasteiger partial charge in [0.05, 0.1) is 11.0 Å². The first-order valence-electron chi connectivity index (χ1n) is 11.5. The normalized spacial score (nSPS) is 15.4. The van der Waals surface area contributed by atoms with Gasteiger partial charge in [0.2, 0.25) is 0 Å². The van der Waals surface area contributed by atoms with Crippen LogP contribution in [0.25, 0.3) is 0 Å². The van der Waals surface area contributed by atoms with Gasteiger partial charge in [-0.25, -0.2) is 0 Å². The van der Waals surface area contributed by atoms with Crippen LogP contribution in [0.5, 0.6) is 5.75 Å². The first kappa shape index (κ1) is 22.1. The van der Waals surface area contributed by atoms with Crippen molar-refractivity contribution in [2.45, 2.75) is 83.5 Å². The molecule has 0 radical (unpaired) electrons. The fourth-order valence-electron chi connectivity index (χ4n) is 4.51. The van der Waals surface area contributed by atoms with E-state index in [1.165, 1.54) is 18.4 Å². The molecule has 2 aromatic carbocycles. The van der Waals surface area contributed by atoms with Crippen LogP contribution in [0.3, 0.4) is 0 Å². The highest BCUT2D eigenvalue weighted by atomic mass is 16.5. The van der Waals surface area contributed by atoms with Crippen LogP contribution >= 0.6 is 0 Å². The average molecular weight is 404 g/mol. The summed E-state index contributed by atoms with van der Waals surface area (Å²) in [6.07, 6.45) is 10.2. The average Bonchev–Trinajstić information content (AvgIpc) is 2.80. The molecule has 1 aliphatic rings. The van der Waals surface area contributed by atoms with Gasteiger partial charge in [-0.2, -0.15) is 5.26 Å². The second-order valence-electron chi connectivity index (χ2n) is 8.48. The van der Waals surface area contributed by atoms with E-state index in [0.29, 0.717) is 11.3 Å². The van der Waals surface area contributed by atoms with E-state index in [1.54, 1.807) is 6.07 Å². The minimum absolute atomic E-state index is 0.221. The predicted octanol–water partition coefficient (Wildman–Crippen LogP) is 6.66. The highest BCUT2D eigenvalue weighted by Gasteiger charge is 2.43. The Balaban J connectivity index is 1.84. The van der Waals surface area contributed by atoms with Gasteiger partial charge in [0.1, 0.15) is 11.8 Å². The molecule has 0 heterocycles. The number of esters is 1. The van der Waals surface area contributed by atoms with Gasteiger partial charge in [-0.3, -0.25) is 4.79 Å². The largest absolute Gasteiger partial charge is 0.424 e. The van der Waals surface area contributed by atoms with Crippen molar-refractivity contribution in [3.63, 3.8) is 0 Å². The monoisotopic (exact) mass is 403 g/mol. The number of carbonyl (C=O) groups is 1. The van der Waals surface area contributed by atoms with Crippen molar-refractivity contribution in [1.82, 2.24) is 0 Å². The molecule has 30 heavy (non-hydrogen) atoms. The topological polar surface area (TPSA) is 50.1 Å². The van der Waals surface area contributed by atoms with Crippen LogP contribution in [0.15, 0.2) is 42.5 Å². The van der Waals surface area contributed by atoms with Crippen molar-refractivity contribution in [3.8, 4) is 11.8 Å². The van der Waals surface area contributed by atoms with E-state index in [2.05, 4.69) is 44.2 Å². The molecule has 0 amide bonds. The van der Waals surface area contributed by atoms with Gasteiger partial charge in [0.15, 0.2) is 0 Å². The van der Waals surface area contributed by atoms with Gasteiger partial charge < -0.3 is 4.74 Å². The molecule has 1 aliphatic carbocycles. The zero-order valence-corrected chi connectivity index (χ0v) is 18.4. The zero-order chi connectivity index (χ0) is 21.4. The van der Waals surface area contributed by atoms with E-state index in [9.17, 15) is 10.1 Å². The van der Waals surface area contributed by atoms with E-state index < -0.39 is 5.41 Å². The Morgan fingerprint density at radius 3 is 2.33 bits per heavy atom. The molecule has 1 fully saturated rings. The van der Waals surface area contributed by atoms with E-state index in [0.717, 1.165) is 62.5 Å². The number of hydrogen-bond acceptors (Lipinski definition) is 3. The van der Waals surface area contributed by atoms with Crippen molar-refractivity contribution in [1.29, 1.82) is 5.26 Å². The number of nitrogens with zero attached hydrogens (tertiary/aromatic N) is 1. The molecular weight excluding hydrogens is 370 g/mol. The van der Waals surface area contributed by atoms with Gasteiger partial charge in [-0.1, -0.05) is 76.3 Å². The minimum atomic E-state index is -0.614. The van der Waals surface area contributed by atoms with E-state index >= 15 is 0 Å². The van der Waals surface area contributed by atoms with Crippen LogP contribution in [0.2, 0.25) is 0 Å². The third-order valence-electron chi connectivity index (χ3n) is 6.45. The number of hydrogen-bond donors (Lipinski definition) is 0. The Morgan fingerprint density at radius 2 is 1.70 bits per heavy atom. The Morgan fingerprint density at radius 1 is 1.00 bits per heavy atom. The summed E-state index contributed by atoms with van der Waals surface area (Å²) in [7, 11) is 0. The number of unbranched alkanes of at least 4 members (excludes halogenated alkanes) is 2. The lowest BCUT2D eigenvalue weighted by Gasteiger charge is -2.35. The summed E-state index contributed by atoms with van der Waals surface area (Å²) in [6.45, 7) is 4.31. The molecule has 3 nitrogen and oxygen atoms in total. The molecule has 0 unspecified atom stereocenters. The Labute approximate surface area is 181 Å². The summed E-state index contributed by atoms with van der Waals surface area (Å²) in [5.74, 6) is 0.165. The molecule has 3 heteroatoms. The summed E-state index contributed by atoms with van der Waals surface area (Å²) in [5.41, 5.74) is 3.27. The number of rotatable bonds is 8.